The number of piperidine rings is 1. The zero-order valence-corrected chi connectivity index (χ0v) is 15.0. The molecule has 0 aromatic heterocycles. The number of amides is 1. The highest BCUT2D eigenvalue weighted by Gasteiger charge is 2.40. The SMILES string of the molecule is COc1ccc(CCNCCC(=O)N2CCC3(CC2)OCCO3)cc1. The van der Waals surface area contributed by atoms with Crippen LogP contribution < -0.4 is 10.1 Å². The van der Waals surface area contributed by atoms with Crippen LogP contribution in [-0.4, -0.2) is 63.1 Å². The first-order chi connectivity index (χ1) is 12.2. The van der Waals surface area contributed by atoms with E-state index in [2.05, 4.69) is 17.4 Å². The highest BCUT2D eigenvalue weighted by molar-refractivity contribution is 5.76. The zero-order chi connectivity index (χ0) is 17.5. The summed E-state index contributed by atoms with van der Waals surface area (Å²) in [5.74, 6) is 0.678. The van der Waals surface area contributed by atoms with E-state index in [-0.39, 0.29) is 5.91 Å². The van der Waals surface area contributed by atoms with Crippen molar-refractivity contribution in [2.45, 2.75) is 31.5 Å². The summed E-state index contributed by atoms with van der Waals surface area (Å²) < 4.78 is 16.6. The van der Waals surface area contributed by atoms with Crippen LogP contribution in [0.3, 0.4) is 0 Å². The van der Waals surface area contributed by atoms with Crippen molar-refractivity contribution in [1.29, 1.82) is 0 Å². The molecular formula is C19H28N2O4. The van der Waals surface area contributed by atoms with Crippen molar-refractivity contribution in [3.63, 3.8) is 0 Å². The van der Waals surface area contributed by atoms with Crippen LogP contribution in [0.1, 0.15) is 24.8 Å². The molecule has 0 radical (unpaired) electrons. The molecule has 0 aliphatic carbocycles. The fourth-order valence-electron chi connectivity index (χ4n) is 3.39. The number of methoxy groups -OCH3 is 1. The van der Waals surface area contributed by atoms with Crippen molar-refractivity contribution in [2.24, 2.45) is 0 Å². The van der Waals surface area contributed by atoms with Gasteiger partial charge in [0.2, 0.25) is 5.91 Å². The summed E-state index contributed by atoms with van der Waals surface area (Å²) in [7, 11) is 1.67. The van der Waals surface area contributed by atoms with Gasteiger partial charge in [-0.15, -0.1) is 0 Å². The predicted octanol–water partition coefficient (Wildman–Crippen LogP) is 1.58. The minimum Gasteiger partial charge on any atom is -0.497 e. The fourth-order valence-corrected chi connectivity index (χ4v) is 3.39. The van der Waals surface area contributed by atoms with Gasteiger partial charge in [-0.2, -0.15) is 0 Å². The Morgan fingerprint density at radius 3 is 2.48 bits per heavy atom. The summed E-state index contributed by atoms with van der Waals surface area (Å²) in [4.78, 5) is 14.2. The molecule has 2 saturated heterocycles. The predicted molar refractivity (Wildman–Crippen MR) is 94.6 cm³/mol. The number of carbonyl (C=O) groups is 1. The molecule has 0 saturated carbocycles. The van der Waals surface area contributed by atoms with Crippen molar-refractivity contribution in [3.05, 3.63) is 29.8 Å². The first-order valence-corrected chi connectivity index (χ1v) is 9.10. The van der Waals surface area contributed by atoms with Crippen molar-refractivity contribution in [2.75, 3.05) is 46.5 Å². The summed E-state index contributed by atoms with van der Waals surface area (Å²) in [6, 6.07) is 8.09. The maximum Gasteiger partial charge on any atom is 0.223 e. The molecule has 25 heavy (non-hydrogen) atoms. The lowest BCUT2D eigenvalue weighted by Gasteiger charge is -2.37. The average Bonchev–Trinajstić information content (AvgIpc) is 3.10. The van der Waals surface area contributed by atoms with Crippen LogP contribution in [0.15, 0.2) is 24.3 Å². The molecule has 1 amide bonds. The third-order valence-corrected chi connectivity index (χ3v) is 4.96. The third-order valence-electron chi connectivity index (χ3n) is 4.96. The standard InChI is InChI=1S/C19H28N2O4/c1-23-17-4-2-16(3-5-17)6-10-20-11-7-18(22)21-12-8-19(9-13-21)24-14-15-25-19/h2-5,20H,6-15H2,1H3. The van der Waals surface area contributed by atoms with Gasteiger partial charge in [0.05, 0.1) is 20.3 Å². The number of nitrogens with one attached hydrogen (secondary N) is 1. The molecule has 1 aromatic carbocycles. The van der Waals surface area contributed by atoms with Gasteiger partial charge in [-0.1, -0.05) is 12.1 Å². The molecule has 6 heteroatoms. The number of likely N-dealkylation sites (tertiary alicyclic amines) is 1. The van der Waals surface area contributed by atoms with Crippen LogP contribution in [0.5, 0.6) is 5.75 Å². The summed E-state index contributed by atoms with van der Waals surface area (Å²) in [6.45, 7) is 4.38. The Bertz CT molecular complexity index is 545. The van der Waals surface area contributed by atoms with Crippen LogP contribution >= 0.6 is 0 Å². The molecule has 0 bridgehead atoms. The van der Waals surface area contributed by atoms with E-state index in [4.69, 9.17) is 14.2 Å². The molecule has 2 aliphatic heterocycles. The van der Waals surface area contributed by atoms with E-state index >= 15 is 0 Å². The number of carbonyl (C=O) groups excluding carboxylic acids is 1. The minimum absolute atomic E-state index is 0.213. The molecule has 138 valence electrons. The summed E-state index contributed by atoms with van der Waals surface area (Å²) >= 11 is 0. The molecular weight excluding hydrogens is 320 g/mol. The van der Waals surface area contributed by atoms with Crippen LogP contribution in [-0.2, 0) is 20.7 Å². The van der Waals surface area contributed by atoms with E-state index in [1.807, 2.05) is 17.0 Å². The monoisotopic (exact) mass is 348 g/mol. The quantitative estimate of drug-likeness (QED) is 0.758. The molecule has 1 spiro atoms. The van der Waals surface area contributed by atoms with Crippen molar-refractivity contribution < 1.29 is 19.0 Å². The van der Waals surface area contributed by atoms with E-state index in [9.17, 15) is 4.79 Å². The van der Waals surface area contributed by atoms with Gasteiger partial charge in [0.1, 0.15) is 5.75 Å². The van der Waals surface area contributed by atoms with Gasteiger partial charge in [0, 0.05) is 38.9 Å². The van der Waals surface area contributed by atoms with Crippen molar-refractivity contribution >= 4 is 5.91 Å². The maximum atomic E-state index is 12.3. The Kier molecular flexibility index (Phi) is 6.29. The number of benzene rings is 1. The second-order valence-electron chi connectivity index (χ2n) is 6.59. The Labute approximate surface area is 149 Å². The second-order valence-corrected chi connectivity index (χ2v) is 6.59. The van der Waals surface area contributed by atoms with E-state index < -0.39 is 5.79 Å². The smallest absolute Gasteiger partial charge is 0.223 e. The number of rotatable bonds is 7. The minimum atomic E-state index is -0.409. The molecule has 1 N–H and O–H groups in total. The molecule has 0 atom stereocenters. The molecule has 2 heterocycles. The summed E-state index contributed by atoms with van der Waals surface area (Å²) in [5, 5.41) is 3.35. The van der Waals surface area contributed by atoms with Crippen molar-refractivity contribution in [3.8, 4) is 5.75 Å². The lowest BCUT2D eigenvalue weighted by Crippen LogP contribution is -2.47. The molecule has 0 unspecified atom stereocenters. The fraction of sp³-hybridized carbons (Fsp3) is 0.632. The summed E-state index contributed by atoms with van der Waals surface area (Å²) in [6.07, 6.45) is 3.05. The van der Waals surface area contributed by atoms with Crippen LogP contribution in [0, 0.1) is 0 Å². The molecule has 2 fully saturated rings. The molecule has 2 aliphatic rings. The molecule has 6 nitrogen and oxygen atoms in total. The lowest BCUT2D eigenvalue weighted by atomic mass is 10.0. The highest BCUT2D eigenvalue weighted by Crippen LogP contribution is 2.31. The Hall–Kier alpha value is -1.63. The van der Waals surface area contributed by atoms with Gasteiger partial charge < -0.3 is 24.4 Å². The second kappa shape index (κ2) is 8.65. The van der Waals surface area contributed by atoms with Gasteiger partial charge in [-0.25, -0.2) is 0 Å². The maximum absolute atomic E-state index is 12.3. The van der Waals surface area contributed by atoms with E-state index in [1.54, 1.807) is 7.11 Å². The van der Waals surface area contributed by atoms with E-state index in [0.717, 1.165) is 44.6 Å². The van der Waals surface area contributed by atoms with Crippen molar-refractivity contribution in [1.82, 2.24) is 10.2 Å². The van der Waals surface area contributed by atoms with Crippen LogP contribution in [0.25, 0.3) is 0 Å². The first kappa shape index (κ1) is 18.2. The van der Waals surface area contributed by atoms with Crippen LogP contribution in [0.4, 0.5) is 0 Å². The van der Waals surface area contributed by atoms with Gasteiger partial charge >= 0.3 is 0 Å². The van der Waals surface area contributed by atoms with Gasteiger partial charge in [0.25, 0.3) is 0 Å². The largest absolute Gasteiger partial charge is 0.497 e. The normalized spacial score (nSPS) is 19.3. The topological polar surface area (TPSA) is 60.0 Å². The van der Waals surface area contributed by atoms with E-state index in [1.165, 1.54) is 5.56 Å². The van der Waals surface area contributed by atoms with Gasteiger partial charge in [-0.3, -0.25) is 4.79 Å². The molecule has 3 rings (SSSR count). The lowest BCUT2D eigenvalue weighted by molar-refractivity contribution is -0.187. The average molecular weight is 348 g/mol. The van der Waals surface area contributed by atoms with E-state index in [0.29, 0.717) is 26.2 Å². The van der Waals surface area contributed by atoms with Gasteiger partial charge in [-0.05, 0) is 30.7 Å². The zero-order valence-electron chi connectivity index (χ0n) is 15.0. The Balaban J connectivity index is 1.29. The number of hydrogen-bond donors (Lipinski definition) is 1. The third kappa shape index (κ3) is 4.93. The number of ether oxygens (including phenoxy) is 3. The molecule has 1 aromatic rings. The number of hydrogen-bond acceptors (Lipinski definition) is 5. The Morgan fingerprint density at radius 1 is 1.16 bits per heavy atom. The summed E-state index contributed by atoms with van der Waals surface area (Å²) in [5.41, 5.74) is 1.26. The van der Waals surface area contributed by atoms with Gasteiger partial charge in [0.15, 0.2) is 5.79 Å². The Morgan fingerprint density at radius 2 is 1.84 bits per heavy atom. The van der Waals surface area contributed by atoms with Crippen LogP contribution in [0.2, 0.25) is 0 Å². The first-order valence-electron chi connectivity index (χ1n) is 9.10. The number of nitrogens with zero attached hydrogens (tertiary/aromatic N) is 1. The highest BCUT2D eigenvalue weighted by atomic mass is 16.7.